The predicted octanol–water partition coefficient (Wildman–Crippen LogP) is 0.589. The van der Waals surface area contributed by atoms with Crippen LogP contribution in [-0.4, -0.2) is 107 Å². The molecule has 5 amide bonds. The minimum absolute atomic E-state index is 0.167. The van der Waals surface area contributed by atoms with Crippen molar-refractivity contribution >= 4 is 41.7 Å². The van der Waals surface area contributed by atoms with Gasteiger partial charge < -0.3 is 20.6 Å². The lowest BCUT2D eigenvalue weighted by Crippen LogP contribution is -2.63. The Hall–Kier alpha value is -4.44. The molecule has 0 saturated carbocycles. The smallest absolute Gasteiger partial charge is 0.335 e. The molecule has 1 saturated heterocycles. The number of carboxylic acids is 3. The Kier molecular flexibility index (Phi) is 13.5. The third-order valence-electron chi connectivity index (χ3n) is 6.50. The van der Waals surface area contributed by atoms with Crippen molar-refractivity contribution in [1.82, 2.24) is 30.1 Å². The number of unbranched alkanes of at least 4 members (excludes halogenated alkanes) is 2. The lowest BCUT2D eigenvalue weighted by atomic mass is 10.0. The van der Waals surface area contributed by atoms with Crippen molar-refractivity contribution in [2.75, 3.05) is 13.2 Å². The first kappa shape index (κ1) is 33.8. The number of halogens is 1. The summed E-state index contributed by atoms with van der Waals surface area (Å²) in [6, 6.07) is -5.02. The number of aromatic nitrogens is 3. The van der Waals surface area contributed by atoms with Crippen molar-refractivity contribution in [1.29, 1.82) is 0 Å². The maximum Gasteiger partial charge on any atom is 0.335 e. The van der Waals surface area contributed by atoms with Gasteiger partial charge in [0.25, 0.3) is 0 Å². The van der Waals surface area contributed by atoms with Crippen molar-refractivity contribution in [3.05, 3.63) is 11.9 Å². The first-order valence-electron chi connectivity index (χ1n) is 13.5. The molecule has 42 heavy (non-hydrogen) atoms. The highest BCUT2D eigenvalue weighted by molar-refractivity contribution is 6.16. The molecule has 0 spiro atoms. The van der Waals surface area contributed by atoms with E-state index in [0.717, 1.165) is 0 Å². The quantitative estimate of drug-likeness (QED) is 0.119. The lowest BCUT2D eigenvalue weighted by molar-refractivity contribution is -0.158. The number of aryl methyl sites for hydroxylation is 2. The minimum atomic E-state index is -1.89. The summed E-state index contributed by atoms with van der Waals surface area (Å²) in [4.78, 5) is 84.9. The van der Waals surface area contributed by atoms with Gasteiger partial charge in [0.2, 0.25) is 17.7 Å². The molecule has 2 rings (SSSR count). The van der Waals surface area contributed by atoms with Crippen molar-refractivity contribution in [3.63, 3.8) is 0 Å². The lowest BCUT2D eigenvalue weighted by Gasteiger charge is -2.38. The SMILES string of the molecule is O=C(O)CC[C@@H](C(=O)O)N1C(=O)CC(=O)N([C@@H](CCCCNC(=O)CCCCn2cc(CCCF)nn2)C(=O)O)C1=O. The number of aliphatic carboxylic acids is 3. The van der Waals surface area contributed by atoms with Gasteiger partial charge in [-0.2, -0.15) is 0 Å². The molecule has 17 heteroatoms. The molecule has 0 bridgehead atoms. The average molecular weight is 599 g/mol. The highest BCUT2D eigenvalue weighted by Gasteiger charge is 2.48. The third kappa shape index (κ3) is 10.2. The number of barbiturate groups is 1. The number of nitrogens with one attached hydrogen (secondary N) is 1. The topological polar surface area (TPSA) is 229 Å². The zero-order valence-corrected chi connectivity index (χ0v) is 22.9. The van der Waals surface area contributed by atoms with Crippen LogP contribution in [0.4, 0.5) is 9.18 Å². The molecule has 0 aromatic carbocycles. The van der Waals surface area contributed by atoms with Crippen LogP contribution in [0.5, 0.6) is 0 Å². The fraction of sp³-hybridized carbons (Fsp3) is 0.640. The van der Waals surface area contributed by atoms with Crippen LogP contribution in [0, 0.1) is 0 Å². The van der Waals surface area contributed by atoms with E-state index in [0.29, 0.717) is 49.2 Å². The number of carboxylic acid groups (broad SMARTS) is 3. The molecule has 2 atom stereocenters. The molecule has 4 N–H and O–H groups in total. The monoisotopic (exact) mass is 598 g/mol. The van der Waals surface area contributed by atoms with Crippen molar-refractivity contribution in [3.8, 4) is 0 Å². The highest BCUT2D eigenvalue weighted by atomic mass is 19.1. The van der Waals surface area contributed by atoms with Crippen molar-refractivity contribution < 1.29 is 53.3 Å². The van der Waals surface area contributed by atoms with E-state index in [1.807, 2.05) is 0 Å². The number of carbonyl (C=O) groups is 7. The summed E-state index contributed by atoms with van der Waals surface area (Å²) in [5.41, 5.74) is 0.704. The van der Waals surface area contributed by atoms with Gasteiger partial charge in [-0.05, 0) is 51.4 Å². The highest BCUT2D eigenvalue weighted by Crippen LogP contribution is 2.23. The fourth-order valence-electron chi connectivity index (χ4n) is 4.38. The number of carbonyl (C=O) groups excluding carboxylic acids is 4. The van der Waals surface area contributed by atoms with Crippen molar-refractivity contribution in [2.24, 2.45) is 0 Å². The first-order chi connectivity index (χ1) is 20.0. The fourth-order valence-corrected chi connectivity index (χ4v) is 4.38. The van der Waals surface area contributed by atoms with Crippen LogP contribution < -0.4 is 5.32 Å². The zero-order chi connectivity index (χ0) is 31.2. The Morgan fingerprint density at radius 2 is 1.52 bits per heavy atom. The minimum Gasteiger partial charge on any atom is -0.481 e. The Labute approximate surface area is 239 Å². The summed E-state index contributed by atoms with van der Waals surface area (Å²) < 4.78 is 13.9. The molecule has 1 aliphatic rings. The molecule has 1 aromatic heterocycles. The molecular weight excluding hydrogens is 563 g/mol. The Morgan fingerprint density at radius 1 is 0.881 bits per heavy atom. The number of nitrogens with zero attached hydrogens (tertiary/aromatic N) is 5. The van der Waals surface area contributed by atoms with E-state index in [1.54, 1.807) is 10.9 Å². The van der Waals surface area contributed by atoms with Gasteiger partial charge in [0.1, 0.15) is 18.5 Å². The van der Waals surface area contributed by atoms with Crippen LogP contribution in [0.1, 0.15) is 69.9 Å². The van der Waals surface area contributed by atoms with Crippen LogP contribution in [0.3, 0.4) is 0 Å². The van der Waals surface area contributed by atoms with Gasteiger partial charge in [-0.3, -0.25) is 28.3 Å². The van der Waals surface area contributed by atoms with E-state index >= 15 is 0 Å². The number of rotatable bonds is 20. The predicted molar refractivity (Wildman–Crippen MR) is 138 cm³/mol. The van der Waals surface area contributed by atoms with Gasteiger partial charge in [0.05, 0.1) is 12.4 Å². The molecule has 0 aliphatic carbocycles. The van der Waals surface area contributed by atoms with Gasteiger partial charge in [-0.1, -0.05) is 5.21 Å². The molecule has 2 heterocycles. The molecule has 1 aromatic rings. The molecule has 1 aliphatic heterocycles. The van der Waals surface area contributed by atoms with Gasteiger partial charge in [-0.25, -0.2) is 24.2 Å². The largest absolute Gasteiger partial charge is 0.481 e. The first-order valence-corrected chi connectivity index (χ1v) is 13.5. The summed E-state index contributed by atoms with van der Waals surface area (Å²) in [5.74, 6) is -7.07. The van der Waals surface area contributed by atoms with E-state index in [-0.39, 0.29) is 36.6 Å². The number of alkyl halides is 1. The van der Waals surface area contributed by atoms with E-state index < -0.39 is 73.8 Å². The third-order valence-corrected chi connectivity index (χ3v) is 6.50. The van der Waals surface area contributed by atoms with Gasteiger partial charge in [0.15, 0.2) is 0 Å². The Balaban J connectivity index is 1.81. The summed E-state index contributed by atoms with van der Waals surface area (Å²) in [6.07, 6.45) is 2.13. The second-order valence-corrected chi connectivity index (χ2v) is 9.70. The molecule has 232 valence electrons. The second kappa shape index (κ2) is 16.7. The maximum absolute atomic E-state index is 13.0. The summed E-state index contributed by atoms with van der Waals surface area (Å²) >= 11 is 0. The van der Waals surface area contributed by atoms with Crippen LogP contribution in [-0.2, 0) is 41.7 Å². The Morgan fingerprint density at radius 3 is 2.12 bits per heavy atom. The number of hydrogen-bond donors (Lipinski definition) is 4. The molecule has 16 nitrogen and oxygen atoms in total. The number of hydrogen-bond acceptors (Lipinski definition) is 9. The summed E-state index contributed by atoms with van der Waals surface area (Å²) in [7, 11) is 0. The number of amides is 5. The van der Waals surface area contributed by atoms with Gasteiger partial charge in [0, 0.05) is 32.1 Å². The average Bonchev–Trinajstić information content (AvgIpc) is 3.37. The molecule has 0 unspecified atom stereocenters. The second-order valence-electron chi connectivity index (χ2n) is 9.70. The van der Waals surface area contributed by atoms with E-state index in [4.69, 9.17) is 5.11 Å². The number of imide groups is 2. The maximum atomic E-state index is 13.0. The van der Waals surface area contributed by atoms with Gasteiger partial charge >= 0.3 is 23.9 Å². The van der Waals surface area contributed by atoms with E-state index in [9.17, 15) is 48.2 Å². The van der Waals surface area contributed by atoms with Crippen molar-refractivity contribution in [2.45, 2.75) is 89.3 Å². The normalized spacial score (nSPS) is 15.0. The summed E-state index contributed by atoms with van der Waals surface area (Å²) in [6.45, 7) is 0.332. The van der Waals surface area contributed by atoms with Crippen LogP contribution in [0.25, 0.3) is 0 Å². The van der Waals surface area contributed by atoms with Gasteiger partial charge in [-0.15, -0.1) is 5.10 Å². The van der Waals surface area contributed by atoms with Crippen LogP contribution in [0.15, 0.2) is 6.20 Å². The standard InChI is InChI=1S/C25H35FN6O10/c26-11-5-6-16-15-30(29-28-16)13-4-2-8-19(33)27-12-3-1-7-17(23(38)39)31-20(34)14-21(35)32(25(31)42)18(24(40)41)9-10-22(36)37/h15,17-18H,1-14H2,(H,27,33)(H,36,37)(H,38,39)(H,40,41)/t17-,18-/m0/s1. The Bertz CT molecular complexity index is 1160. The molecule has 0 radical (unpaired) electrons. The van der Waals surface area contributed by atoms with Crippen LogP contribution in [0.2, 0.25) is 0 Å². The number of urea groups is 1. The van der Waals surface area contributed by atoms with E-state index in [1.165, 1.54) is 0 Å². The molecular formula is C25H35FN6O10. The van der Waals surface area contributed by atoms with Crippen LogP contribution >= 0.6 is 0 Å². The summed E-state index contributed by atoms with van der Waals surface area (Å²) in [5, 5.41) is 38.6. The van der Waals surface area contributed by atoms with E-state index in [2.05, 4.69) is 15.6 Å². The zero-order valence-electron chi connectivity index (χ0n) is 22.9. The molecule has 1 fully saturated rings.